The van der Waals surface area contributed by atoms with Crippen molar-refractivity contribution in [1.82, 2.24) is 10.2 Å². The van der Waals surface area contributed by atoms with Crippen LogP contribution in [-0.2, 0) is 19.1 Å². The minimum absolute atomic E-state index is 0. The third kappa shape index (κ3) is 11.2. The van der Waals surface area contributed by atoms with Crippen molar-refractivity contribution in [3.05, 3.63) is 49.2 Å². The largest absolute Gasteiger partial charge is 1.00 e. The smallest absolute Gasteiger partial charge is 0.462 e. The number of cyclic esters (lactones) is 1. The number of hydrogen-bond donors (Lipinski definition) is 1. The molecule has 6 nitrogen and oxygen atoms in total. The molecule has 1 aliphatic carbocycles. The summed E-state index contributed by atoms with van der Waals surface area (Å²) < 4.78 is 5.74. The predicted octanol–water partition coefficient (Wildman–Crippen LogP) is 3.27. The maximum absolute atomic E-state index is 12.8. The molecule has 0 unspecified atom stereocenters. The Morgan fingerprint density at radius 2 is 1.77 bits per heavy atom. The zero-order valence-electron chi connectivity index (χ0n) is 25.6. The molecule has 0 aromatic heterocycles. The van der Waals surface area contributed by atoms with Crippen LogP contribution in [0.15, 0.2) is 24.3 Å². The molecule has 1 saturated carbocycles. The first-order chi connectivity index (χ1) is 18.2. The number of carbonyl (C=O) groups excluding carboxylic acids is 3. The van der Waals surface area contributed by atoms with E-state index in [1.54, 1.807) is 19.9 Å². The summed E-state index contributed by atoms with van der Waals surface area (Å²) in [5.41, 5.74) is -1.72. The quantitative estimate of drug-likeness (QED) is 0.267. The second-order valence-electron chi connectivity index (χ2n) is 12.6. The molecule has 1 aromatic carbocycles. The van der Waals surface area contributed by atoms with Gasteiger partial charge in [0.05, 0.1) is 11.0 Å². The SMILES string of the molecule is Clc1c[c-]ccc1.[CH2-]CN(C[CH2-])CC[C@H]1CC2(CCC(CCC(=O)C(C)(C)NC(=O)C(C)(C)C)CC2)C(=O)O1.[Li+]. The number of amides is 1. The Labute approximate surface area is 259 Å². The van der Waals surface area contributed by atoms with Gasteiger partial charge in [0.25, 0.3) is 0 Å². The summed E-state index contributed by atoms with van der Waals surface area (Å²) >= 11 is 5.51. The molecule has 1 atom stereocenters. The first-order valence-electron chi connectivity index (χ1n) is 14.2. The van der Waals surface area contributed by atoms with E-state index in [1.807, 2.05) is 39.0 Å². The number of hydrogen-bond acceptors (Lipinski definition) is 5. The normalized spacial score (nSPS) is 22.7. The van der Waals surface area contributed by atoms with Crippen molar-refractivity contribution >= 4 is 29.3 Å². The Morgan fingerprint density at radius 3 is 2.25 bits per heavy atom. The van der Waals surface area contributed by atoms with E-state index >= 15 is 0 Å². The number of halogens is 1. The first-order valence-corrected chi connectivity index (χ1v) is 14.6. The number of rotatable bonds is 10. The summed E-state index contributed by atoms with van der Waals surface area (Å²) in [7, 11) is 0. The van der Waals surface area contributed by atoms with E-state index in [0.29, 0.717) is 25.4 Å². The third-order valence-corrected chi connectivity index (χ3v) is 8.28. The zero-order valence-corrected chi connectivity index (χ0v) is 26.4. The molecule has 1 heterocycles. The summed E-state index contributed by atoms with van der Waals surface area (Å²) in [6.07, 6.45) is 6.50. The fourth-order valence-electron chi connectivity index (χ4n) is 5.15. The van der Waals surface area contributed by atoms with Gasteiger partial charge in [0, 0.05) is 18.3 Å². The van der Waals surface area contributed by atoms with Gasteiger partial charge in [-0.3, -0.25) is 14.4 Å². The molecule has 1 aromatic rings. The van der Waals surface area contributed by atoms with Gasteiger partial charge in [-0.2, -0.15) is 41.9 Å². The Morgan fingerprint density at radius 1 is 1.15 bits per heavy atom. The molecule has 8 heteroatoms. The molecule has 3 rings (SSSR count). The minimum atomic E-state index is -0.862. The molecule has 0 radical (unpaired) electrons. The third-order valence-electron chi connectivity index (χ3n) is 8.04. The molecule has 1 amide bonds. The molecular formula is C32H48ClLiN2O4-2. The van der Waals surface area contributed by atoms with Crippen LogP contribution in [0.4, 0.5) is 0 Å². The number of Topliss-reactive ketones (excluding diaryl/α,β-unsaturated/α-hetero) is 1. The predicted molar refractivity (Wildman–Crippen MR) is 157 cm³/mol. The summed E-state index contributed by atoms with van der Waals surface area (Å²) in [6.45, 7) is 19.2. The zero-order chi connectivity index (χ0) is 29.3. The van der Waals surface area contributed by atoms with E-state index in [-0.39, 0.29) is 48.0 Å². The molecule has 1 aliphatic heterocycles. The average molecular weight is 567 g/mol. The summed E-state index contributed by atoms with van der Waals surface area (Å²) in [5, 5.41) is 3.64. The molecule has 2 aliphatic rings. The van der Waals surface area contributed by atoms with Crippen molar-refractivity contribution in [3.63, 3.8) is 0 Å². The van der Waals surface area contributed by atoms with E-state index in [4.69, 9.17) is 16.3 Å². The number of nitrogens with one attached hydrogen (secondary N) is 1. The van der Waals surface area contributed by atoms with Crippen molar-refractivity contribution < 1.29 is 38.0 Å². The topological polar surface area (TPSA) is 75.7 Å². The van der Waals surface area contributed by atoms with Crippen LogP contribution in [-0.4, -0.2) is 53.8 Å². The number of esters is 1. The summed E-state index contributed by atoms with van der Waals surface area (Å²) in [4.78, 5) is 39.9. The average Bonchev–Trinajstić information content (AvgIpc) is 3.18. The van der Waals surface area contributed by atoms with E-state index in [2.05, 4.69) is 30.1 Å². The van der Waals surface area contributed by atoms with Crippen LogP contribution in [0.3, 0.4) is 0 Å². The van der Waals surface area contributed by atoms with Crippen molar-refractivity contribution in [1.29, 1.82) is 0 Å². The van der Waals surface area contributed by atoms with Crippen LogP contribution in [0.5, 0.6) is 0 Å². The standard InChI is InChI=1S/C26H44N2O4.C6H4Cl.Li/c1-8-28(9-2)17-14-20-18-26(23(31)32-20)15-12-19(13-16-26)10-11-21(29)25(6,7)27-22(30)24(3,4)5;7-6-4-2-1-3-5-6;/h19-20H,1-2,8-18H2,3-7H3,(H,27,30);1-2,4-5H;/q-2;-1;+1/t19?,20-,26?;;/m0../s1. The second-order valence-corrected chi connectivity index (χ2v) is 13.0. The number of benzene rings is 1. The maximum Gasteiger partial charge on any atom is 1.00 e. The van der Waals surface area contributed by atoms with Crippen LogP contribution in [0.25, 0.3) is 0 Å². The van der Waals surface area contributed by atoms with Crippen LogP contribution in [0.2, 0.25) is 5.02 Å². The van der Waals surface area contributed by atoms with Crippen LogP contribution >= 0.6 is 11.6 Å². The molecule has 1 spiro atoms. The molecule has 1 saturated heterocycles. The fourth-order valence-corrected chi connectivity index (χ4v) is 5.28. The monoisotopic (exact) mass is 566 g/mol. The minimum Gasteiger partial charge on any atom is -0.462 e. The Hall–Kier alpha value is -1.32. The number of nitrogens with zero attached hydrogens (tertiary/aromatic N) is 1. The molecular weight excluding hydrogens is 519 g/mol. The van der Waals surface area contributed by atoms with Crippen LogP contribution < -0.4 is 24.2 Å². The van der Waals surface area contributed by atoms with E-state index < -0.39 is 11.0 Å². The number of carbonyl (C=O) groups is 3. The number of ether oxygens (including phenoxy) is 1. The Kier molecular flexibility index (Phi) is 15.0. The van der Waals surface area contributed by atoms with Crippen molar-refractivity contribution in [3.8, 4) is 0 Å². The van der Waals surface area contributed by atoms with Crippen LogP contribution in [0, 0.1) is 36.7 Å². The van der Waals surface area contributed by atoms with Gasteiger partial charge in [-0.05, 0) is 64.8 Å². The van der Waals surface area contributed by atoms with Crippen molar-refractivity contribution in [2.75, 3.05) is 19.6 Å². The summed E-state index contributed by atoms with van der Waals surface area (Å²) in [5.74, 6) is 0.367. The molecule has 220 valence electrons. The molecule has 2 fully saturated rings. The van der Waals surface area contributed by atoms with Crippen molar-refractivity contribution in [2.45, 2.75) is 97.6 Å². The first kappa shape index (κ1) is 36.7. The van der Waals surface area contributed by atoms with Gasteiger partial charge in [0.15, 0.2) is 5.78 Å². The van der Waals surface area contributed by atoms with E-state index in [0.717, 1.165) is 56.5 Å². The van der Waals surface area contributed by atoms with Gasteiger partial charge < -0.3 is 28.8 Å². The van der Waals surface area contributed by atoms with E-state index in [9.17, 15) is 14.4 Å². The van der Waals surface area contributed by atoms with Gasteiger partial charge in [0.2, 0.25) is 5.91 Å². The van der Waals surface area contributed by atoms with Gasteiger partial charge in [-0.1, -0.05) is 25.8 Å². The number of ketones is 1. The van der Waals surface area contributed by atoms with Gasteiger partial charge in [-0.15, -0.1) is 13.1 Å². The Bertz CT molecular complexity index is 936. The van der Waals surface area contributed by atoms with Gasteiger partial charge >= 0.3 is 24.8 Å². The van der Waals surface area contributed by atoms with Crippen LogP contribution in [0.1, 0.15) is 86.0 Å². The second kappa shape index (κ2) is 16.4. The maximum atomic E-state index is 12.8. The Balaban J connectivity index is 0.000000867. The summed E-state index contributed by atoms with van der Waals surface area (Å²) in [6, 6.07) is 10.0. The van der Waals surface area contributed by atoms with Crippen molar-refractivity contribution in [2.24, 2.45) is 16.7 Å². The molecule has 0 bridgehead atoms. The molecule has 1 N–H and O–H groups in total. The van der Waals surface area contributed by atoms with E-state index in [1.165, 1.54) is 0 Å². The molecule has 40 heavy (non-hydrogen) atoms. The fraction of sp³-hybridized carbons (Fsp3) is 0.656. The van der Waals surface area contributed by atoms with Gasteiger partial charge in [0.1, 0.15) is 6.10 Å². The van der Waals surface area contributed by atoms with Gasteiger partial charge in [-0.25, -0.2) is 0 Å².